The molecule has 3 rings (SSSR count). The second-order valence-corrected chi connectivity index (χ2v) is 5.64. The van der Waals surface area contributed by atoms with Crippen LogP contribution in [0.15, 0.2) is 47.1 Å². The first kappa shape index (κ1) is 17.1. The van der Waals surface area contributed by atoms with E-state index < -0.39 is 17.6 Å². The van der Waals surface area contributed by atoms with Gasteiger partial charge in [0.25, 0.3) is 11.8 Å². The summed E-state index contributed by atoms with van der Waals surface area (Å²) < 4.78 is 43.4. The molecule has 1 fully saturated rings. The fourth-order valence-corrected chi connectivity index (χ4v) is 2.68. The molecule has 0 aliphatic carbocycles. The van der Waals surface area contributed by atoms with E-state index in [1.807, 2.05) is 0 Å². The smallest absolute Gasteiger partial charge is 0.416 e. The molecule has 2 heterocycles. The van der Waals surface area contributed by atoms with Crippen molar-refractivity contribution in [1.82, 2.24) is 9.80 Å². The maximum atomic E-state index is 12.8. The molecule has 1 aromatic heterocycles. The van der Waals surface area contributed by atoms with Crippen LogP contribution in [0.2, 0.25) is 0 Å². The predicted molar refractivity (Wildman–Crippen MR) is 82.0 cm³/mol. The van der Waals surface area contributed by atoms with Crippen LogP contribution < -0.4 is 0 Å². The van der Waals surface area contributed by atoms with Crippen molar-refractivity contribution in [3.8, 4) is 0 Å². The van der Waals surface area contributed by atoms with Crippen molar-refractivity contribution in [2.75, 3.05) is 26.2 Å². The topological polar surface area (TPSA) is 53.8 Å². The van der Waals surface area contributed by atoms with Crippen molar-refractivity contribution in [2.24, 2.45) is 0 Å². The highest BCUT2D eigenvalue weighted by Crippen LogP contribution is 2.29. The Kier molecular flexibility index (Phi) is 4.52. The molecule has 0 saturated carbocycles. The Morgan fingerprint density at radius 3 is 2.12 bits per heavy atom. The van der Waals surface area contributed by atoms with E-state index in [2.05, 4.69) is 0 Å². The van der Waals surface area contributed by atoms with Gasteiger partial charge in [-0.3, -0.25) is 9.59 Å². The van der Waals surface area contributed by atoms with Gasteiger partial charge >= 0.3 is 6.18 Å². The number of hydrogen-bond acceptors (Lipinski definition) is 3. The fourth-order valence-electron chi connectivity index (χ4n) is 2.68. The number of rotatable bonds is 2. The number of benzene rings is 1. The average molecular weight is 352 g/mol. The number of alkyl halides is 3. The molecular formula is C17H15F3N2O3. The minimum absolute atomic E-state index is 0.0133. The summed E-state index contributed by atoms with van der Waals surface area (Å²) in [5.74, 6) is -0.523. The van der Waals surface area contributed by atoms with Crippen molar-refractivity contribution in [2.45, 2.75) is 6.18 Å². The van der Waals surface area contributed by atoms with E-state index >= 15 is 0 Å². The molecule has 2 amide bonds. The zero-order chi connectivity index (χ0) is 18.0. The van der Waals surface area contributed by atoms with Crippen molar-refractivity contribution < 1.29 is 27.2 Å². The minimum atomic E-state index is -4.50. The fraction of sp³-hybridized carbons (Fsp3) is 0.294. The van der Waals surface area contributed by atoms with E-state index in [4.69, 9.17) is 4.42 Å². The first-order chi connectivity index (χ1) is 11.9. The summed E-state index contributed by atoms with van der Waals surface area (Å²) in [6.07, 6.45) is -3.09. The zero-order valence-corrected chi connectivity index (χ0v) is 13.1. The van der Waals surface area contributed by atoms with Crippen LogP contribution in [0.25, 0.3) is 0 Å². The number of furan rings is 1. The Balaban J connectivity index is 1.65. The van der Waals surface area contributed by atoms with Gasteiger partial charge in [0.15, 0.2) is 5.76 Å². The second kappa shape index (κ2) is 6.62. The van der Waals surface area contributed by atoms with E-state index in [-0.39, 0.29) is 30.3 Å². The van der Waals surface area contributed by atoms with Crippen molar-refractivity contribution in [3.63, 3.8) is 0 Å². The molecule has 5 nitrogen and oxygen atoms in total. The predicted octanol–water partition coefficient (Wildman–Crippen LogP) is 2.90. The highest BCUT2D eigenvalue weighted by atomic mass is 19.4. The molecule has 1 aliphatic heterocycles. The molecule has 0 bridgehead atoms. The van der Waals surface area contributed by atoms with Gasteiger partial charge in [-0.25, -0.2) is 0 Å². The van der Waals surface area contributed by atoms with Crippen LogP contribution in [0.1, 0.15) is 26.5 Å². The van der Waals surface area contributed by atoms with Gasteiger partial charge in [0.2, 0.25) is 0 Å². The van der Waals surface area contributed by atoms with Crippen LogP contribution >= 0.6 is 0 Å². The minimum Gasteiger partial charge on any atom is -0.459 e. The Morgan fingerprint density at radius 2 is 1.56 bits per heavy atom. The third-order valence-electron chi connectivity index (χ3n) is 4.02. The van der Waals surface area contributed by atoms with Crippen LogP contribution in [0.4, 0.5) is 13.2 Å². The van der Waals surface area contributed by atoms with Gasteiger partial charge in [-0.05, 0) is 30.3 Å². The Labute approximate surface area is 141 Å². The monoisotopic (exact) mass is 352 g/mol. The van der Waals surface area contributed by atoms with E-state index in [1.54, 1.807) is 17.0 Å². The number of carbonyl (C=O) groups excluding carboxylic acids is 2. The van der Waals surface area contributed by atoms with Crippen LogP contribution in [0.5, 0.6) is 0 Å². The van der Waals surface area contributed by atoms with Gasteiger partial charge in [0.1, 0.15) is 0 Å². The quantitative estimate of drug-likeness (QED) is 0.835. The van der Waals surface area contributed by atoms with Crippen LogP contribution in [-0.2, 0) is 6.18 Å². The number of halogens is 3. The lowest BCUT2D eigenvalue weighted by atomic mass is 10.1. The Hall–Kier alpha value is -2.77. The van der Waals surface area contributed by atoms with E-state index in [0.717, 1.165) is 12.1 Å². The third-order valence-corrected chi connectivity index (χ3v) is 4.02. The Morgan fingerprint density at radius 1 is 0.920 bits per heavy atom. The number of carbonyl (C=O) groups is 2. The zero-order valence-electron chi connectivity index (χ0n) is 13.1. The highest BCUT2D eigenvalue weighted by molar-refractivity contribution is 5.95. The molecule has 25 heavy (non-hydrogen) atoms. The number of hydrogen-bond donors (Lipinski definition) is 0. The molecule has 1 aliphatic rings. The lowest BCUT2D eigenvalue weighted by Gasteiger charge is -2.34. The summed E-state index contributed by atoms with van der Waals surface area (Å²) in [6, 6.07) is 7.52. The summed E-state index contributed by atoms with van der Waals surface area (Å²) in [6.45, 7) is 1.09. The van der Waals surface area contributed by atoms with Gasteiger partial charge in [0.05, 0.1) is 11.8 Å². The summed E-state index contributed by atoms with van der Waals surface area (Å²) >= 11 is 0. The van der Waals surface area contributed by atoms with E-state index in [1.165, 1.54) is 23.3 Å². The van der Waals surface area contributed by atoms with Crippen LogP contribution in [-0.4, -0.2) is 47.8 Å². The lowest BCUT2D eigenvalue weighted by Crippen LogP contribution is -2.50. The Bertz CT molecular complexity index is 764. The highest BCUT2D eigenvalue weighted by Gasteiger charge is 2.32. The van der Waals surface area contributed by atoms with Crippen molar-refractivity contribution in [1.29, 1.82) is 0 Å². The van der Waals surface area contributed by atoms with Gasteiger partial charge in [-0.15, -0.1) is 0 Å². The summed E-state index contributed by atoms with van der Waals surface area (Å²) in [5.41, 5.74) is -0.870. The summed E-state index contributed by atoms with van der Waals surface area (Å²) in [4.78, 5) is 27.6. The van der Waals surface area contributed by atoms with Gasteiger partial charge in [0, 0.05) is 31.7 Å². The van der Waals surface area contributed by atoms with Gasteiger partial charge in [-0.1, -0.05) is 6.07 Å². The van der Waals surface area contributed by atoms with Gasteiger partial charge in [-0.2, -0.15) is 13.2 Å². The molecular weight excluding hydrogens is 337 g/mol. The summed E-state index contributed by atoms with van der Waals surface area (Å²) in [5, 5.41) is 0. The lowest BCUT2D eigenvalue weighted by molar-refractivity contribution is -0.137. The maximum Gasteiger partial charge on any atom is 0.416 e. The van der Waals surface area contributed by atoms with Gasteiger partial charge < -0.3 is 14.2 Å². The molecule has 0 spiro atoms. The molecule has 0 radical (unpaired) electrons. The molecule has 0 atom stereocenters. The van der Waals surface area contributed by atoms with E-state index in [0.29, 0.717) is 13.1 Å². The van der Waals surface area contributed by atoms with Crippen molar-refractivity contribution >= 4 is 11.8 Å². The number of piperazine rings is 1. The largest absolute Gasteiger partial charge is 0.459 e. The molecule has 1 aromatic carbocycles. The molecule has 132 valence electrons. The molecule has 1 saturated heterocycles. The standard InChI is InChI=1S/C17H15F3N2O3/c18-17(19,20)13-4-1-3-12(11-13)15(23)21-6-8-22(9-7-21)16(24)14-5-2-10-25-14/h1-5,10-11H,6-9H2. The SMILES string of the molecule is O=C(c1cccc(C(F)(F)F)c1)N1CCN(C(=O)c2ccco2)CC1. The van der Waals surface area contributed by atoms with Crippen molar-refractivity contribution in [3.05, 3.63) is 59.5 Å². The molecule has 8 heteroatoms. The average Bonchev–Trinajstić information content (AvgIpc) is 3.15. The second-order valence-electron chi connectivity index (χ2n) is 5.64. The molecule has 2 aromatic rings. The molecule has 0 unspecified atom stereocenters. The van der Waals surface area contributed by atoms with Crippen LogP contribution in [0.3, 0.4) is 0 Å². The third kappa shape index (κ3) is 3.67. The maximum absolute atomic E-state index is 12.8. The van der Waals surface area contributed by atoms with E-state index in [9.17, 15) is 22.8 Å². The molecule has 0 N–H and O–H groups in total. The number of nitrogens with zero attached hydrogens (tertiary/aromatic N) is 2. The van der Waals surface area contributed by atoms with Crippen LogP contribution in [0, 0.1) is 0 Å². The number of amides is 2. The summed E-state index contributed by atoms with van der Waals surface area (Å²) in [7, 11) is 0. The first-order valence-electron chi connectivity index (χ1n) is 7.65. The first-order valence-corrected chi connectivity index (χ1v) is 7.65. The normalized spacial score (nSPS) is 15.3.